The molecule has 0 aromatic heterocycles. The van der Waals surface area contributed by atoms with Crippen molar-refractivity contribution in [2.45, 2.75) is 63.9 Å². The Labute approximate surface area is 318 Å². The number of ketones is 2. The molecule has 7 rings (SSSR count). The summed E-state index contributed by atoms with van der Waals surface area (Å²) in [6.45, 7) is 1.14. The van der Waals surface area contributed by atoms with Crippen LogP contribution in [0.1, 0.15) is 78.3 Å². The molecule has 1 heterocycles. The third-order valence-electron chi connectivity index (χ3n) is 10.2. The number of phenolic OH excluding ortho intramolecular Hbond substituents is 1. The first-order chi connectivity index (χ1) is 26.7. The molecule has 14 heteroatoms. The predicted molar refractivity (Wildman–Crippen MR) is 196 cm³/mol. The van der Waals surface area contributed by atoms with Crippen LogP contribution in [0.15, 0.2) is 72.8 Å². The van der Waals surface area contributed by atoms with Gasteiger partial charge in [0.25, 0.3) is 0 Å². The van der Waals surface area contributed by atoms with E-state index in [1.165, 1.54) is 25.1 Å². The molecule has 0 saturated carbocycles. The van der Waals surface area contributed by atoms with Gasteiger partial charge in [-0.15, -0.1) is 0 Å². The lowest BCUT2D eigenvalue weighted by Gasteiger charge is -2.44. The van der Waals surface area contributed by atoms with Gasteiger partial charge in [0.1, 0.15) is 23.4 Å². The van der Waals surface area contributed by atoms with Gasteiger partial charge < -0.3 is 50.0 Å². The van der Waals surface area contributed by atoms with Crippen molar-refractivity contribution < 1.29 is 69.1 Å². The fraction of sp³-hybridized carbons (Fsp3) is 0.238. The van der Waals surface area contributed by atoms with Gasteiger partial charge in [-0.1, -0.05) is 54.6 Å². The van der Waals surface area contributed by atoms with E-state index < -0.39 is 83.8 Å². The first-order valence-electron chi connectivity index (χ1n) is 17.5. The second-order valence-electron chi connectivity index (χ2n) is 13.7. The highest BCUT2D eigenvalue weighted by molar-refractivity contribution is 6.32. The highest BCUT2D eigenvalue weighted by Crippen LogP contribution is 2.48. The van der Waals surface area contributed by atoms with Gasteiger partial charge >= 0.3 is 5.97 Å². The Bertz CT molecular complexity index is 2450. The molecule has 4 atom stereocenters. The molecule has 5 aromatic rings. The minimum Gasteiger partial charge on any atom is -0.507 e. The third kappa shape index (κ3) is 6.32. The summed E-state index contributed by atoms with van der Waals surface area (Å²) in [6, 6.07) is 19.5. The van der Waals surface area contributed by atoms with Crippen molar-refractivity contribution in [3.8, 4) is 28.4 Å². The number of esters is 1. The lowest BCUT2D eigenvalue weighted by molar-refractivity contribution is -0.371. The molecule has 288 valence electrons. The van der Waals surface area contributed by atoms with Crippen LogP contribution in [0, 0.1) is 0 Å². The fourth-order valence-electron chi connectivity index (χ4n) is 7.42. The number of aliphatic hydroxyl groups is 6. The van der Waals surface area contributed by atoms with E-state index in [9.17, 15) is 54.9 Å². The maximum atomic E-state index is 14.9. The van der Waals surface area contributed by atoms with Crippen LogP contribution in [-0.4, -0.2) is 90.0 Å². The molecule has 1 aliphatic carbocycles. The smallest absolute Gasteiger partial charge is 0.308 e. The molecule has 7 N–H and O–H groups in total. The molecule has 0 bridgehead atoms. The van der Waals surface area contributed by atoms with E-state index >= 15 is 0 Å². The number of hydrogen-bond acceptors (Lipinski definition) is 14. The lowest BCUT2D eigenvalue weighted by Crippen LogP contribution is -2.67. The molecule has 1 saturated heterocycles. The molecule has 2 aliphatic rings. The highest BCUT2D eigenvalue weighted by atomic mass is 16.7. The number of carbonyl (C=O) groups excluding carboxylic acids is 4. The maximum Gasteiger partial charge on any atom is 0.308 e. The fourth-order valence-corrected chi connectivity index (χ4v) is 7.42. The second-order valence-corrected chi connectivity index (χ2v) is 13.7. The van der Waals surface area contributed by atoms with Crippen molar-refractivity contribution >= 4 is 34.6 Å². The maximum absolute atomic E-state index is 14.9. The number of benzene rings is 5. The van der Waals surface area contributed by atoms with Crippen LogP contribution >= 0.6 is 0 Å². The number of aromatic hydroxyl groups is 1. The molecule has 5 aromatic carbocycles. The van der Waals surface area contributed by atoms with Crippen molar-refractivity contribution in [1.82, 2.24) is 0 Å². The number of aliphatic hydroxyl groups excluding tert-OH is 4. The Kier molecular flexibility index (Phi) is 10.1. The standard InChI is InChI=1S/C42H36O14/c1-19-39(50)42(52,53)40(51)41(54-19)56-30-15-28-34(36(47)27(30)13-23-8-5-9-25(16-43)29(23)18-45)38(49)33-26(17-44)14-31(55-20(2)46)32(35(33)37(28)48)24-11-10-21-6-3-4-7-22(21)12-24/h3-12,14-15,18-19,39-41,43-44,47,50-53H,13,16-17H2,1-2H3/t19-,39-,40+,41-/m1/s1. The van der Waals surface area contributed by atoms with Gasteiger partial charge in [-0.3, -0.25) is 19.2 Å². The molecule has 0 spiro atoms. The molecule has 0 unspecified atom stereocenters. The zero-order valence-electron chi connectivity index (χ0n) is 29.9. The van der Waals surface area contributed by atoms with Crippen LogP contribution in [0.4, 0.5) is 0 Å². The summed E-state index contributed by atoms with van der Waals surface area (Å²) in [7, 11) is 0. The Hall–Kier alpha value is -5.84. The number of ether oxygens (including phenoxy) is 3. The number of rotatable bonds is 9. The van der Waals surface area contributed by atoms with Gasteiger partial charge in [0.2, 0.25) is 12.1 Å². The van der Waals surface area contributed by atoms with Gasteiger partial charge in [0, 0.05) is 46.7 Å². The first kappa shape index (κ1) is 38.4. The first-order valence-corrected chi connectivity index (χ1v) is 17.5. The summed E-state index contributed by atoms with van der Waals surface area (Å²) in [5.74, 6) is -6.95. The minimum absolute atomic E-state index is 0.0452. The molecule has 1 fully saturated rings. The van der Waals surface area contributed by atoms with Gasteiger partial charge in [-0.2, -0.15) is 0 Å². The summed E-state index contributed by atoms with van der Waals surface area (Å²) in [6.07, 6.45) is -7.39. The molecular formula is C42H36O14. The lowest BCUT2D eigenvalue weighted by atomic mass is 9.76. The van der Waals surface area contributed by atoms with Crippen molar-refractivity contribution in [2.24, 2.45) is 0 Å². The van der Waals surface area contributed by atoms with Crippen LogP contribution in [0.3, 0.4) is 0 Å². The van der Waals surface area contributed by atoms with E-state index in [-0.39, 0.29) is 56.7 Å². The van der Waals surface area contributed by atoms with Crippen LogP contribution in [0.25, 0.3) is 21.9 Å². The molecule has 0 amide bonds. The molecule has 56 heavy (non-hydrogen) atoms. The van der Waals surface area contributed by atoms with Gasteiger partial charge in [-0.05, 0) is 58.1 Å². The van der Waals surface area contributed by atoms with Gasteiger partial charge in [-0.25, -0.2) is 0 Å². The van der Waals surface area contributed by atoms with Crippen LogP contribution < -0.4 is 9.47 Å². The van der Waals surface area contributed by atoms with Gasteiger partial charge in [0.05, 0.1) is 24.9 Å². The minimum atomic E-state index is -3.13. The summed E-state index contributed by atoms with van der Waals surface area (Å²) < 4.78 is 17.1. The van der Waals surface area contributed by atoms with E-state index in [2.05, 4.69) is 0 Å². The quantitative estimate of drug-likeness (QED) is 0.0485. The third-order valence-corrected chi connectivity index (χ3v) is 10.2. The van der Waals surface area contributed by atoms with E-state index in [0.29, 0.717) is 11.8 Å². The van der Waals surface area contributed by atoms with Gasteiger partial charge in [0.15, 0.2) is 24.0 Å². The predicted octanol–water partition coefficient (Wildman–Crippen LogP) is 2.83. The van der Waals surface area contributed by atoms with Crippen LogP contribution in [-0.2, 0) is 29.2 Å². The van der Waals surface area contributed by atoms with E-state index in [0.717, 1.165) is 23.8 Å². The van der Waals surface area contributed by atoms with Crippen molar-refractivity contribution in [3.63, 3.8) is 0 Å². The number of phenols is 1. The summed E-state index contributed by atoms with van der Waals surface area (Å²) in [4.78, 5) is 54.2. The highest BCUT2D eigenvalue weighted by Gasteiger charge is 2.54. The summed E-state index contributed by atoms with van der Waals surface area (Å²) in [5.41, 5.74) is -0.763. The molecule has 0 radical (unpaired) electrons. The van der Waals surface area contributed by atoms with Crippen molar-refractivity contribution in [3.05, 3.63) is 123 Å². The summed E-state index contributed by atoms with van der Waals surface area (Å²) in [5, 5.41) is 76.4. The summed E-state index contributed by atoms with van der Waals surface area (Å²) >= 11 is 0. The monoisotopic (exact) mass is 764 g/mol. The number of fused-ring (bicyclic) bond motifs is 3. The number of aldehydes is 1. The zero-order chi connectivity index (χ0) is 40.2. The van der Waals surface area contributed by atoms with Crippen LogP contribution in [0.2, 0.25) is 0 Å². The number of hydrogen-bond donors (Lipinski definition) is 7. The van der Waals surface area contributed by atoms with E-state index in [1.54, 1.807) is 30.3 Å². The van der Waals surface area contributed by atoms with Crippen molar-refractivity contribution in [2.75, 3.05) is 0 Å². The molecular weight excluding hydrogens is 728 g/mol. The number of carbonyl (C=O) groups is 4. The average Bonchev–Trinajstić information content (AvgIpc) is 3.18. The largest absolute Gasteiger partial charge is 0.507 e. The zero-order valence-corrected chi connectivity index (χ0v) is 29.9. The van der Waals surface area contributed by atoms with Crippen molar-refractivity contribution in [1.29, 1.82) is 0 Å². The SMILES string of the molecule is CC(=O)Oc1cc(CO)c2c(c1-c1ccc3ccccc3c1)C(=O)c1cc(O[C@H]3O[C@H](C)[C@@H](O)C(O)(O)[C@H]3O)c(Cc3cccc(CO)c3C=O)c(O)c1C2=O. The topological polar surface area (TPSA) is 238 Å². The molecule has 1 aliphatic heterocycles. The van der Waals surface area contributed by atoms with Crippen LogP contribution in [0.5, 0.6) is 17.2 Å². The Morgan fingerprint density at radius 2 is 1.50 bits per heavy atom. The van der Waals surface area contributed by atoms with E-state index in [4.69, 9.17) is 14.2 Å². The second kappa shape index (κ2) is 14.7. The Balaban J connectivity index is 1.48. The Morgan fingerprint density at radius 1 is 0.804 bits per heavy atom. The normalized spacial score (nSPS) is 20.0. The molecule has 14 nitrogen and oxygen atoms in total. The van der Waals surface area contributed by atoms with E-state index in [1.807, 2.05) is 18.2 Å². The average molecular weight is 765 g/mol. The Morgan fingerprint density at radius 3 is 2.18 bits per heavy atom.